The Morgan fingerprint density at radius 1 is 0.913 bits per heavy atom. The zero-order chi connectivity index (χ0) is 18.0. The number of alkyl halides is 6. The van der Waals surface area contributed by atoms with E-state index in [0.717, 1.165) is 0 Å². The minimum Gasteiger partial charge on any atom is -0.364 e. The SMILES string of the molecule is CC/C=C(/N(C)C)N(C)c1cc(C(F)(F)F)cc(C(F)(F)F)c1. The van der Waals surface area contributed by atoms with Gasteiger partial charge in [0.25, 0.3) is 0 Å². The average molecular weight is 340 g/mol. The second-order valence-corrected chi connectivity index (χ2v) is 5.19. The maximum atomic E-state index is 12.9. The number of benzene rings is 1. The zero-order valence-corrected chi connectivity index (χ0v) is 13.2. The average Bonchev–Trinajstić information content (AvgIpc) is 2.41. The number of anilines is 1. The molecule has 0 aliphatic carbocycles. The van der Waals surface area contributed by atoms with Gasteiger partial charge in [-0.3, -0.25) is 0 Å². The summed E-state index contributed by atoms with van der Waals surface area (Å²) in [5, 5.41) is 0. The van der Waals surface area contributed by atoms with E-state index < -0.39 is 23.5 Å². The number of halogens is 6. The summed E-state index contributed by atoms with van der Waals surface area (Å²) < 4.78 is 77.4. The van der Waals surface area contributed by atoms with Crippen molar-refractivity contribution in [3.8, 4) is 0 Å². The lowest BCUT2D eigenvalue weighted by Crippen LogP contribution is -2.28. The molecular formula is C15H18F6N2. The summed E-state index contributed by atoms with van der Waals surface area (Å²) >= 11 is 0. The molecular weight excluding hydrogens is 322 g/mol. The molecule has 130 valence electrons. The molecule has 1 aromatic carbocycles. The predicted molar refractivity (Wildman–Crippen MR) is 76.9 cm³/mol. The smallest absolute Gasteiger partial charge is 0.364 e. The summed E-state index contributed by atoms with van der Waals surface area (Å²) in [6.45, 7) is 1.82. The van der Waals surface area contributed by atoms with Gasteiger partial charge in [-0.05, 0) is 30.7 Å². The minimum atomic E-state index is -4.86. The molecule has 0 saturated carbocycles. The predicted octanol–water partition coefficient (Wildman–Crippen LogP) is 4.97. The molecule has 0 aromatic heterocycles. The summed E-state index contributed by atoms with van der Waals surface area (Å²) in [4.78, 5) is 2.92. The van der Waals surface area contributed by atoms with Crippen LogP contribution in [0.25, 0.3) is 0 Å². The molecule has 0 bridgehead atoms. The van der Waals surface area contributed by atoms with Crippen LogP contribution in [-0.4, -0.2) is 26.0 Å². The summed E-state index contributed by atoms with van der Waals surface area (Å²) in [6.07, 6.45) is -7.41. The third-order valence-corrected chi connectivity index (χ3v) is 3.15. The number of hydrogen-bond acceptors (Lipinski definition) is 2. The van der Waals surface area contributed by atoms with Gasteiger partial charge in [0.15, 0.2) is 0 Å². The van der Waals surface area contributed by atoms with Gasteiger partial charge in [-0.2, -0.15) is 26.3 Å². The second-order valence-electron chi connectivity index (χ2n) is 5.19. The lowest BCUT2D eigenvalue weighted by atomic mass is 10.1. The molecule has 8 heteroatoms. The van der Waals surface area contributed by atoms with Crippen LogP contribution < -0.4 is 4.90 Å². The van der Waals surface area contributed by atoms with Crippen LogP contribution in [0.4, 0.5) is 32.0 Å². The van der Waals surface area contributed by atoms with Crippen LogP contribution in [0.1, 0.15) is 24.5 Å². The molecule has 1 aromatic rings. The van der Waals surface area contributed by atoms with Gasteiger partial charge in [-0.15, -0.1) is 0 Å². The second kappa shape index (κ2) is 6.72. The van der Waals surface area contributed by atoms with Gasteiger partial charge in [0.05, 0.1) is 11.1 Å². The topological polar surface area (TPSA) is 6.48 Å². The molecule has 0 heterocycles. The van der Waals surface area contributed by atoms with Crippen molar-refractivity contribution in [1.29, 1.82) is 0 Å². The van der Waals surface area contributed by atoms with Crippen molar-refractivity contribution >= 4 is 5.69 Å². The number of allylic oxidation sites excluding steroid dienone is 1. The molecule has 0 spiro atoms. The molecule has 0 fully saturated rings. The Bertz CT molecular complexity index is 540. The Morgan fingerprint density at radius 2 is 1.35 bits per heavy atom. The molecule has 0 amide bonds. The molecule has 0 N–H and O–H groups in total. The van der Waals surface area contributed by atoms with Crippen molar-refractivity contribution < 1.29 is 26.3 Å². The summed E-state index contributed by atoms with van der Waals surface area (Å²) in [5.74, 6) is 0.500. The van der Waals surface area contributed by atoms with E-state index in [-0.39, 0.29) is 11.8 Å². The molecule has 0 saturated heterocycles. The van der Waals surface area contributed by atoms with Crippen LogP contribution in [0.2, 0.25) is 0 Å². The molecule has 0 aliphatic heterocycles. The number of hydrogen-bond donors (Lipinski definition) is 0. The van der Waals surface area contributed by atoms with E-state index in [1.165, 1.54) is 11.9 Å². The Hall–Kier alpha value is -1.86. The van der Waals surface area contributed by atoms with E-state index in [1.807, 2.05) is 6.92 Å². The lowest BCUT2D eigenvalue weighted by molar-refractivity contribution is -0.143. The van der Waals surface area contributed by atoms with E-state index in [2.05, 4.69) is 0 Å². The summed E-state index contributed by atoms with van der Waals surface area (Å²) in [6, 6.07) is 1.54. The third-order valence-electron chi connectivity index (χ3n) is 3.15. The van der Waals surface area contributed by atoms with E-state index in [0.29, 0.717) is 24.4 Å². The van der Waals surface area contributed by atoms with Crippen LogP contribution in [0.15, 0.2) is 30.1 Å². The maximum absolute atomic E-state index is 12.9. The largest absolute Gasteiger partial charge is 0.416 e. The maximum Gasteiger partial charge on any atom is 0.416 e. The lowest BCUT2D eigenvalue weighted by Gasteiger charge is -2.29. The van der Waals surface area contributed by atoms with Gasteiger partial charge in [-0.25, -0.2) is 0 Å². The van der Waals surface area contributed by atoms with Gasteiger partial charge >= 0.3 is 12.4 Å². The van der Waals surface area contributed by atoms with Crippen LogP contribution in [0, 0.1) is 0 Å². The summed E-state index contributed by atoms with van der Waals surface area (Å²) in [5.41, 5.74) is -2.84. The molecule has 0 aliphatic rings. The first-order valence-corrected chi connectivity index (χ1v) is 6.78. The van der Waals surface area contributed by atoms with Crippen molar-refractivity contribution in [1.82, 2.24) is 4.90 Å². The van der Waals surface area contributed by atoms with E-state index in [9.17, 15) is 26.3 Å². The van der Waals surface area contributed by atoms with Crippen LogP contribution >= 0.6 is 0 Å². The van der Waals surface area contributed by atoms with E-state index in [1.54, 1.807) is 25.1 Å². The quantitative estimate of drug-likeness (QED) is 0.714. The van der Waals surface area contributed by atoms with Crippen molar-refractivity contribution in [2.75, 3.05) is 26.0 Å². The van der Waals surface area contributed by atoms with Crippen LogP contribution in [-0.2, 0) is 12.4 Å². The van der Waals surface area contributed by atoms with Gasteiger partial charge in [0, 0.05) is 26.8 Å². The van der Waals surface area contributed by atoms with Crippen LogP contribution in [0.3, 0.4) is 0 Å². The first-order chi connectivity index (χ1) is 10.4. The molecule has 23 heavy (non-hydrogen) atoms. The Morgan fingerprint density at radius 3 is 1.65 bits per heavy atom. The fourth-order valence-corrected chi connectivity index (χ4v) is 2.07. The highest BCUT2D eigenvalue weighted by atomic mass is 19.4. The molecule has 0 radical (unpaired) electrons. The monoisotopic (exact) mass is 340 g/mol. The standard InChI is InChI=1S/C15H18F6N2/c1-5-6-13(22(2)3)23(4)12-8-10(14(16,17)18)7-11(9-12)15(19,20)21/h6-9H,5H2,1-4H3/b13-6-. The van der Waals surface area contributed by atoms with Gasteiger partial charge in [0.1, 0.15) is 5.82 Å². The zero-order valence-electron chi connectivity index (χ0n) is 13.2. The molecule has 1 rings (SSSR count). The van der Waals surface area contributed by atoms with Crippen LogP contribution in [0.5, 0.6) is 0 Å². The first kappa shape index (κ1) is 19.2. The summed E-state index contributed by atoms with van der Waals surface area (Å²) in [7, 11) is 4.75. The molecule has 0 atom stereocenters. The highest BCUT2D eigenvalue weighted by Gasteiger charge is 2.37. The molecule has 2 nitrogen and oxygen atoms in total. The van der Waals surface area contributed by atoms with Crippen molar-refractivity contribution in [2.45, 2.75) is 25.7 Å². The van der Waals surface area contributed by atoms with Gasteiger partial charge in [0.2, 0.25) is 0 Å². The molecule has 0 unspecified atom stereocenters. The van der Waals surface area contributed by atoms with Crippen molar-refractivity contribution in [2.24, 2.45) is 0 Å². The highest BCUT2D eigenvalue weighted by molar-refractivity contribution is 5.55. The van der Waals surface area contributed by atoms with Crippen molar-refractivity contribution in [3.05, 3.63) is 41.2 Å². The van der Waals surface area contributed by atoms with Crippen molar-refractivity contribution in [3.63, 3.8) is 0 Å². The first-order valence-electron chi connectivity index (χ1n) is 6.78. The Balaban J connectivity index is 3.49. The number of nitrogens with zero attached hydrogens (tertiary/aromatic N) is 2. The minimum absolute atomic E-state index is 0.121. The third kappa shape index (κ3) is 4.80. The fraction of sp³-hybridized carbons (Fsp3) is 0.467. The highest BCUT2D eigenvalue weighted by Crippen LogP contribution is 2.38. The van der Waals surface area contributed by atoms with E-state index >= 15 is 0 Å². The fourth-order valence-electron chi connectivity index (χ4n) is 2.07. The normalized spacial score (nSPS) is 13.2. The Labute approximate surface area is 131 Å². The number of rotatable bonds is 4. The van der Waals surface area contributed by atoms with Gasteiger partial charge in [-0.1, -0.05) is 6.92 Å². The van der Waals surface area contributed by atoms with Gasteiger partial charge < -0.3 is 9.80 Å². The Kier molecular flexibility index (Phi) is 5.60. The van der Waals surface area contributed by atoms with E-state index in [4.69, 9.17) is 0 Å².